The molecule has 0 atom stereocenters. The molecular weight excluding hydrogens is 303 g/mol. The first kappa shape index (κ1) is 13.3. The highest BCUT2D eigenvalue weighted by molar-refractivity contribution is 9.10. The fraction of sp³-hybridized carbons (Fsp3) is 0.462. The number of aliphatic carboxylic acids is 1. The Morgan fingerprint density at radius 3 is 2.56 bits per heavy atom. The van der Waals surface area contributed by atoms with E-state index in [1.54, 1.807) is 6.07 Å². The molecule has 0 aromatic heterocycles. The Balaban J connectivity index is 2.65. The van der Waals surface area contributed by atoms with Crippen LogP contribution in [0.4, 0.5) is 4.39 Å². The fourth-order valence-electron chi connectivity index (χ4n) is 2.68. The second-order valence-electron chi connectivity index (χ2n) is 4.53. The molecular formula is C13H14BrFO3. The molecule has 1 N–H and O–H groups in total. The summed E-state index contributed by atoms with van der Waals surface area (Å²) >= 11 is 3.27. The Hall–Kier alpha value is -1.10. The van der Waals surface area contributed by atoms with Gasteiger partial charge in [-0.3, -0.25) is 4.79 Å². The van der Waals surface area contributed by atoms with Crippen LogP contribution in [0.1, 0.15) is 31.2 Å². The second-order valence-corrected chi connectivity index (χ2v) is 5.39. The topological polar surface area (TPSA) is 46.5 Å². The van der Waals surface area contributed by atoms with E-state index in [1.807, 2.05) is 0 Å². The van der Waals surface area contributed by atoms with Crippen molar-refractivity contribution >= 4 is 21.9 Å². The van der Waals surface area contributed by atoms with E-state index < -0.39 is 17.2 Å². The predicted molar refractivity (Wildman–Crippen MR) is 68.4 cm³/mol. The minimum absolute atomic E-state index is 0.0840. The van der Waals surface area contributed by atoms with Crippen molar-refractivity contribution in [3.8, 4) is 5.75 Å². The number of hydrogen-bond acceptors (Lipinski definition) is 2. The largest absolute Gasteiger partial charge is 0.494 e. The second kappa shape index (κ2) is 4.88. The van der Waals surface area contributed by atoms with Gasteiger partial charge in [-0.05, 0) is 25.0 Å². The number of halogens is 2. The Labute approximate surface area is 113 Å². The Morgan fingerprint density at radius 2 is 2.06 bits per heavy atom. The molecule has 1 saturated carbocycles. The smallest absolute Gasteiger partial charge is 0.314 e. The first-order valence-corrected chi connectivity index (χ1v) is 6.58. The molecule has 2 rings (SSSR count). The van der Waals surface area contributed by atoms with Crippen molar-refractivity contribution < 1.29 is 19.0 Å². The molecule has 1 fully saturated rings. The highest BCUT2D eigenvalue weighted by Crippen LogP contribution is 2.46. The van der Waals surface area contributed by atoms with Crippen LogP contribution in [0.3, 0.4) is 0 Å². The third-order valence-electron chi connectivity index (χ3n) is 3.62. The van der Waals surface area contributed by atoms with Gasteiger partial charge in [0, 0.05) is 10.0 Å². The Morgan fingerprint density at radius 1 is 1.44 bits per heavy atom. The van der Waals surface area contributed by atoms with Crippen LogP contribution in [-0.2, 0) is 10.2 Å². The number of carbonyl (C=O) groups is 1. The lowest BCUT2D eigenvalue weighted by molar-refractivity contribution is -0.143. The first-order valence-electron chi connectivity index (χ1n) is 5.79. The summed E-state index contributed by atoms with van der Waals surface area (Å²) in [6, 6.07) is 3.13. The van der Waals surface area contributed by atoms with Crippen LogP contribution in [0.25, 0.3) is 0 Å². The van der Waals surface area contributed by atoms with Crippen molar-refractivity contribution in [1.29, 1.82) is 0 Å². The molecule has 1 aromatic rings. The van der Waals surface area contributed by atoms with Gasteiger partial charge in [-0.1, -0.05) is 28.8 Å². The van der Waals surface area contributed by atoms with Gasteiger partial charge >= 0.3 is 5.97 Å². The third kappa shape index (κ3) is 1.90. The highest BCUT2D eigenvalue weighted by Gasteiger charge is 2.46. The van der Waals surface area contributed by atoms with Crippen LogP contribution in [0.5, 0.6) is 5.75 Å². The van der Waals surface area contributed by atoms with Gasteiger partial charge in [0.15, 0.2) is 11.6 Å². The van der Waals surface area contributed by atoms with Crippen LogP contribution >= 0.6 is 15.9 Å². The molecule has 0 aliphatic heterocycles. The molecule has 0 unspecified atom stereocenters. The lowest BCUT2D eigenvalue weighted by Crippen LogP contribution is -2.34. The van der Waals surface area contributed by atoms with Crippen molar-refractivity contribution in [2.75, 3.05) is 7.11 Å². The van der Waals surface area contributed by atoms with Crippen molar-refractivity contribution in [2.24, 2.45) is 0 Å². The fourth-order valence-corrected chi connectivity index (χ4v) is 3.36. The molecule has 0 bridgehead atoms. The summed E-state index contributed by atoms with van der Waals surface area (Å²) < 4.78 is 19.8. The lowest BCUT2D eigenvalue weighted by Gasteiger charge is -2.26. The van der Waals surface area contributed by atoms with E-state index in [2.05, 4.69) is 15.9 Å². The summed E-state index contributed by atoms with van der Waals surface area (Å²) in [7, 11) is 1.37. The molecule has 3 nitrogen and oxygen atoms in total. The van der Waals surface area contributed by atoms with Crippen LogP contribution in [0, 0.1) is 5.82 Å². The van der Waals surface area contributed by atoms with Gasteiger partial charge in [-0.25, -0.2) is 4.39 Å². The first-order chi connectivity index (χ1) is 8.53. The summed E-state index contributed by atoms with van der Waals surface area (Å²) in [5.41, 5.74) is -0.913. The summed E-state index contributed by atoms with van der Waals surface area (Å²) in [6.45, 7) is 0. The van der Waals surface area contributed by atoms with Gasteiger partial charge in [0.2, 0.25) is 0 Å². The number of hydrogen-bond donors (Lipinski definition) is 1. The lowest BCUT2D eigenvalue weighted by atomic mass is 9.78. The quantitative estimate of drug-likeness (QED) is 0.928. The van der Waals surface area contributed by atoms with Crippen molar-refractivity contribution in [2.45, 2.75) is 31.1 Å². The zero-order valence-electron chi connectivity index (χ0n) is 10.0. The normalized spacial score (nSPS) is 17.7. The van der Waals surface area contributed by atoms with Crippen molar-refractivity contribution in [3.05, 3.63) is 28.0 Å². The third-order valence-corrected chi connectivity index (χ3v) is 4.28. The van der Waals surface area contributed by atoms with E-state index in [1.165, 1.54) is 13.2 Å². The molecule has 1 aliphatic carbocycles. The van der Waals surface area contributed by atoms with E-state index in [9.17, 15) is 14.3 Å². The van der Waals surface area contributed by atoms with Gasteiger partial charge in [-0.15, -0.1) is 0 Å². The average molecular weight is 317 g/mol. The number of carboxylic acid groups (broad SMARTS) is 1. The van der Waals surface area contributed by atoms with Gasteiger partial charge in [-0.2, -0.15) is 0 Å². The summed E-state index contributed by atoms with van der Waals surface area (Å²) in [5, 5.41) is 9.50. The van der Waals surface area contributed by atoms with Crippen molar-refractivity contribution in [1.82, 2.24) is 0 Å². The van der Waals surface area contributed by atoms with Crippen molar-refractivity contribution in [3.63, 3.8) is 0 Å². The van der Waals surface area contributed by atoms with Crippen LogP contribution in [-0.4, -0.2) is 18.2 Å². The Kier molecular flexibility index (Phi) is 3.61. The number of methoxy groups -OCH3 is 1. The molecule has 98 valence electrons. The Bertz CT molecular complexity index is 481. The zero-order chi connectivity index (χ0) is 13.3. The number of ether oxygens (including phenoxy) is 1. The van der Waals surface area contributed by atoms with Gasteiger partial charge in [0.25, 0.3) is 0 Å². The maximum Gasteiger partial charge on any atom is 0.314 e. The molecule has 5 heteroatoms. The zero-order valence-corrected chi connectivity index (χ0v) is 11.6. The van der Waals surface area contributed by atoms with Gasteiger partial charge < -0.3 is 9.84 Å². The molecule has 1 aliphatic rings. The molecule has 0 saturated heterocycles. The molecule has 18 heavy (non-hydrogen) atoms. The van der Waals surface area contributed by atoms with E-state index in [4.69, 9.17) is 4.74 Å². The molecule has 0 spiro atoms. The number of rotatable bonds is 3. The van der Waals surface area contributed by atoms with E-state index in [0.29, 0.717) is 17.3 Å². The number of carboxylic acids is 1. The maximum absolute atomic E-state index is 14.4. The van der Waals surface area contributed by atoms with E-state index in [-0.39, 0.29) is 11.3 Å². The maximum atomic E-state index is 14.4. The molecule has 0 amide bonds. The average Bonchev–Trinajstić information content (AvgIpc) is 2.80. The molecule has 1 aromatic carbocycles. The van der Waals surface area contributed by atoms with Gasteiger partial charge in [0.1, 0.15) is 0 Å². The minimum atomic E-state index is -1.13. The van der Waals surface area contributed by atoms with Crippen LogP contribution in [0.15, 0.2) is 16.6 Å². The highest BCUT2D eigenvalue weighted by atomic mass is 79.9. The summed E-state index contributed by atoms with van der Waals surface area (Å²) in [5.74, 6) is -1.45. The molecule has 0 heterocycles. The van der Waals surface area contributed by atoms with Crippen LogP contribution in [0.2, 0.25) is 0 Å². The van der Waals surface area contributed by atoms with Gasteiger partial charge in [0.05, 0.1) is 12.5 Å². The predicted octanol–water partition coefficient (Wildman–Crippen LogP) is 3.49. The standard InChI is InChI=1S/C13H14BrFO3/c1-18-9-5-4-8(14)10(11(9)15)13(12(16)17)6-2-3-7-13/h4-5H,2-3,6-7H2,1H3,(H,16,17). The van der Waals surface area contributed by atoms with E-state index >= 15 is 0 Å². The number of benzene rings is 1. The van der Waals surface area contributed by atoms with Crippen LogP contribution < -0.4 is 4.74 Å². The summed E-state index contributed by atoms with van der Waals surface area (Å²) in [4.78, 5) is 11.6. The summed E-state index contributed by atoms with van der Waals surface area (Å²) in [6.07, 6.45) is 2.53. The molecule has 0 radical (unpaired) electrons. The monoisotopic (exact) mass is 316 g/mol. The van der Waals surface area contributed by atoms with E-state index in [0.717, 1.165) is 12.8 Å². The minimum Gasteiger partial charge on any atom is -0.494 e. The SMILES string of the molecule is COc1ccc(Br)c(C2(C(=O)O)CCCC2)c1F.